The third kappa shape index (κ3) is 2.85. The van der Waals surface area contributed by atoms with Crippen LogP contribution in [0.2, 0.25) is 0 Å². The maximum absolute atomic E-state index is 11.6. The van der Waals surface area contributed by atoms with Crippen molar-refractivity contribution >= 4 is 11.6 Å². The van der Waals surface area contributed by atoms with Gasteiger partial charge in [-0.1, -0.05) is 0 Å². The first kappa shape index (κ1) is 13.8. The number of pyridine rings is 1. The number of hydrogen-bond acceptors (Lipinski definition) is 5. The number of methoxy groups -OCH3 is 1. The van der Waals surface area contributed by atoms with E-state index in [1.807, 2.05) is 13.0 Å². The van der Waals surface area contributed by atoms with Crippen molar-refractivity contribution < 1.29 is 9.53 Å². The zero-order chi connectivity index (χ0) is 14.0. The van der Waals surface area contributed by atoms with Gasteiger partial charge in [-0.05, 0) is 19.9 Å². The minimum absolute atomic E-state index is 0.0782. The van der Waals surface area contributed by atoms with E-state index in [-0.39, 0.29) is 12.1 Å². The van der Waals surface area contributed by atoms with Crippen molar-refractivity contribution in [3.8, 4) is 0 Å². The Labute approximate surface area is 112 Å². The van der Waals surface area contributed by atoms with Crippen LogP contribution in [-0.4, -0.2) is 43.2 Å². The normalized spacial score (nSPS) is 22.5. The Hall–Kier alpha value is -1.66. The Bertz CT molecular complexity index is 490. The third-order valence-electron chi connectivity index (χ3n) is 3.38. The van der Waals surface area contributed by atoms with E-state index in [2.05, 4.69) is 15.6 Å². The quantitative estimate of drug-likeness (QED) is 0.722. The number of hydrogen-bond donors (Lipinski definition) is 3. The van der Waals surface area contributed by atoms with Gasteiger partial charge in [0.1, 0.15) is 0 Å². The van der Waals surface area contributed by atoms with Gasteiger partial charge in [-0.25, -0.2) is 0 Å². The van der Waals surface area contributed by atoms with E-state index in [0.29, 0.717) is 11.3 Å². The first-order chi connectivity index (χ1) is 9.02. The van der Waals surface area contributed by atoms with E-state index < -0.39 is 5.91 Å². The zero-order valence-electron chi connectivity index (χ0n) is 11.5. The fourth-order valence-corrected chi connectivity index (χ4v) is 2.50. The number of amides is 1. The highest BCUT2D eigenvalue weighted by Crippen LogP contribution is 2.22. The zero-order valence-corrected chi connectivity index (χ0v) is 11.5. The molecule has 6 heteroatoms. The molecule has 19 heavy (non-hydrogen) atoms. The molecule has 2 rings (SSSR count). The van der Waals surface area contributed by atoms with Gasteiger partial charge in [0.15, 0.2) is 0 Å². The van der Waals surface area contributed by atoms with Crippen LogP contribution in [0.25, 0.3) is 0 Å². The summed E-state index contributed by atoms with van der Waals surface area (Å²) in [6, 6.07) is 1.96. The van der Waals surface area contributed by atoms with E-state index in [1.54, 1.807) is 14.0 Å². The smallest absolute Gasteiger partial charge is 0.252 e. The molecule has 1 saturated heterocycles. The monoisotopic (exact) mass is 264 g/mol. The van der Waals surface area contributed by atoms with Crippen molar-refractivity contribution in [2.45, 2.75) is 26.0 Å². The van der Waals surface area contributed by atoms with Crippen LogP contribution in [0, 0.1) is 13.8 Å². The summed E-state index contributed by atoms with van der Waals surface area (Å²) < 4.78 is 5.40. The topological polar surface area (TPSA) is 89.3 Å². The van der Waals surface area contributed by atoms with Crippen molar-refractivity contribution in [2.24, 2.45) is 5.73 Å². The molecule has 1 aromatic heterocycles. The van der Waals surface area contributed by atoms with Gasteiger partial charge in [0.2, 0.25) is 0 Å². The lowest BCUT2D eigenvalue weighted by molar-refractivity contribution is 0.0998. The second-order valence-corrected chi connectivity index (χ2v) is 4.82. The minimum atomic E-state index is -0.465. The molecule has 1 aliphatic heterocycles. The maximum atomic E-state index is 11.6. The predicted molar refractivity (Wildman–Crippen MR) is 73.3 cm³/mol. The van der Waals surface area contributed by atoms with Gasteiger partial charge in [0, 0.05) is 25.9 Å². The van der Waals surface area contributed by atoms with Crippen LogP contribution in [0.5, 0.6) is 0 Å². The first-order valence-electron chi connectivity index (χ1n) is 6.31. The van der Waals surface area contributed by atoms with Crippen LogP contribution < -0.4 is 16.4 Å². The molecule has 2 atom stereocenters. The number of ether oxygens (including phenoxy) is 1. The van der Waals surface area contributed by atoms with Crippen LogP contribution in [-0.2, 0) is 4.74 Å². The molecule has 0 aromatic carbocycles. The van der Waals surface area contributed by atoms with Crippen LogP contribution in [0.1, 0.15) is 21.7 Å². The molecule has 0 radical (unpaired) electrons. The summed E-state index contributed by atoms with van der Waals surface area (Å²) in [7, 11) is 1.68. The lowest BCUT2D eigenvalue weighted by Gasteiger charge is -2.22. The van der Waals surface area contributed by atoms with E-state index >= 15 is 0 Å². The van der Waals surface area contributed by atoms with Gasteiger partial charge >= 0.3 is 0 Å². The molecule has 104 valence electrons. The molecular weight excluding hydrogens is 244 g/mol. The summed E-state index contributed by atoms with van der Waals surface area (Å²) >= 11 is 0. The number of primary amides is 1. The summed E-state index contributed by atoms with van der Waals surface area (Å²) in [6.45, 7) is 5.27. The van der Waals surface area contributed by atoms with Gasteiger partial charge in [-0.15, -0.1) is 0 Å². The summed E-state index contributed by atoms with van der Waals surface area (Å²) in [5, 5.41) is 6.60. The second-order valence-electron chi connectivity index (χ2n) is 4.82. The lowest BCUT2D eigenvalue weighted by atomic mass is 10.1. The van der Waals surface area contributed by atoms with Gasteiger partial charge in [-0.3, -0.25) is 9.78 Å². The van der Waals surface area contributed by atoms with Gasteiger partial charge in [-0.2, -0.15) is 0 Å². The fourth-order valence-electron chi connectivity index (χ4n) is 2.50. The maximum Gasteiger partial charge on any atom is 0.252 e. The Morgan fingerprint density at radius 2 is 2.26 bits per heavy atom. The van der Waals surface area contributed by atoms with Gasteiger partial charge < -0.3 is 21.1 Å². The number of carbonyl (C=O) groups is 1. The molecular formula is C13H20N4O2. The van der Waals surface area contributed by atoms with Gasteiger partial charge in [0.25, 0.3) is 5.91 Å². The van der Waals surface area contributed by atoms with Gasteiger partial charge in [0.05, 0.1) is 29.1 Å². The number of anilines is 1. The van der Waals surface area contributed by atoms with Crippen molar-refractivity contribution in [2.75, 3.05) is 25.5 Å². The van der Waals surface area contributed by atoms with E-state index in [0.717, 1.165) is 24.5 Å². The van der Waals surface area contributed by atoms with Crippen LogP contribution in [0.3, 0.4) is 0 Å². The molecule has 0 spiro atoms. The van der Waals surface area contributed by atoms with Crippen molar-refractivity contribution in [1.29, 1.82) is 0 Å². The largest absolute Gasteiger partial charge is 0.378 e. The third-order valence-corrected chi connectivity index (χ3v) is 3.38. The lowest BCUT2D eigenvalue weighted by Crippen LogP contribution is -2.34. The van der Waals surface area contributed by atoms with E-state index in [9.17, 15) is 4.79 Å². The van der Waals surface area contributed by atoms with Crippen molar-refractivity contribution in [3.05, 3.63) is 23.0 Å². The molecule has 6 nitrogen and oxygen atoms in total. The molecule has 1 aliphatic rings. The second kappa shape index (κ2) is 5.54. The first-order valence-corrected chi connectivity index (χ1v) is 6.31. The number of carbonyl (C=O) groups excluding carboxylic acids is 1. The SMILES string of the molecule is CO[C@H]1CNCC1Nc1cc(C)nc(C)c1C(N)=O. The minimum Gasteiger partial charge on any atom is -0.378 e. The van der Waals surface area contributed by atoms with E-state index in [4.69, 9.17) is 10.5 Å². The van der Waals surface area contributed by atoms with Crippen LogP contribution in [0.15, 0.2) is 6.07 Å². The standard InChI is InChI=1S/C13H20N4O2/c1-7-4-9(12(13(14)18)8(2)16-7)17-10-5-15-6-11(10)19-3/h4,10-11,15H,5-6H2,1-3H3,(H2,14,18)(H,16,17)/t10?,11-/m0/s1. The molecule has 0 aliphatic carbocycles. The number of nitrogens with zero attached hydrogens (tertiary/aromatic N) is 1. The molecule has 1 aromatic rings. The number of aryl methyl sites for hydroxylation is 2. The highest BCUT2D eigenvalue weighted by atomic mass is 16.5. The number of nitrogens with two attached hydrogens (primary N) is 1. The van der Waals surface area contributed by atoms with E-state index in [1.165, 1.54) is 0 Å². The number of nitrogens with one attached hydrogen (secondary N) is 2. The van der Waals surface area contributed by atoms with Crippen LogP contribution >= 0.6 is 0 Å². The number of aromatic nitrogens is 1. The van der Waals surface area contributed by atoms with Crippen LogP contribution in [0.4, 0.5) is 5.69 Å². The predicted octanol–water partition coefficient (Wildman–Crippen LogP) is 0.196. The molecule has 0 saturated carbocycles. The molecule has 2 heterocycles. The van der Waals surface area contributed by atoms with Crippen molar-refractivity contribution in [3.63, 3.8) is 0 Å². The average molecular weight is 264 g/mol. The Morgan fingerprint density at radius 1 is 1.53 bits per heavy atom. The fraction of sp³-hybridized carbons (Fsp3) is 0.538. The summed E-state index contributed by atoms with van der Waals surface area (Å²) in [6.07, 6.45) is 0.0782. The summed E-state index contributed by atoms with van der Waals surface area (Å²) in [4.78, 5) is 15.9. The molecule has 4 N–H and O–H groups in total. The Morgan fingerprint density at radius 3 is 2.89 bits per heavy atom. The number of rotatable bonds is 4. The van der Waals surface area contributed by atoms with Crippen molar-refractivity contribution in [1.82, 2.24) is 10.3 Å². The highest BCUT2D eigenvalue weighted by molar-refractivity contribution is 5.99. The highest BCUT2D eigenvalue weighted by Gasteiger charge is 2.28. The Kier molecular flexibility index (Phi) is 4.01. The summed E-state index contributed by atoms with van der Waals surface area (Å²) in [5.41, 5.74) is 8.12. The average Bonchev–Trinajstić information content (AvgIpc) is 2.74. The molecule has 1 fully saturated rings. The molecule has 1 unspecified atom stereocenters. The molecule has 1 amide bonds. The molecule has 0 bridgehead atoms. The summed E-state index contributed by atoms with van der Waals surface area (Å²) in [5.74, 6) is -0.465. The Balaban J connectivity index is 2.31.